The van der Waals surface area contributed by atoms with E-state index in [2.05, 4.69) is 36.2 Å². The van der Waals surface area contributed by atoms with Crippen LogP contribution in [0.25, 0.3) is 0 Å². The SMILES string of the molecule is Cc1c(Cl)cccc1N1CC(C)NCC2(CC2)C1. The van der Waals surface area contributed by atoms with Gasteiger partial charge in [0, 0.05) is 41.8 Å². The lowest BCUT2D eigenvalue weighted by atomic mass is 10.1. The maximum Gasteiger partial charge on any atom is 0.0455 e. The number of anilines is 1. The molecule has 1 aliphatic heterocycles. The second-order valence-corrected chi connectivity index (χ2v) is 6.45. The predicted molar refractivity (Wildman–Crippen MR) is 77.5 cm³/mol. The molecule has 1 aromatic rings. The van der Waals surface area contributed by atoms with Gasteiger partial charge >= 0.3 is 0 Å². The largest absolute Gasteiger partial charge is 0.369 e. The van der Waals surface area contributed by atoms with Gasteiger partial charge in [-0.1, -0.05) is 17.7 Å². The molecule has 2 fully saturated rings. The summed E-state index contributed by atoms with van der Waals surface area (Å²) in [5, 5.41) is 4.53. The number of benzene rings is 1. The van der Waals surface area contributed by atoms with Gasteiger partial charge in [-0.3, -0.25) is 0 Å². The summed E-state index contributed by atoms with van der Waals surface area (Å²) < 4.78 is 0. The zero-order chi connectivity index (χ0) is 12.8. The van der Waals surface area contributed by atoms with Gasteiger partial charge in [0.1, 0.15) is 0 Å². The van der Waals surface area contributed by atoms with Crippen molar-refractivity contribution in [2.45, 2.75) is 32.7 Å². The van der Waals surface area contributed by atoms with Crippen molar-refractivity contribution >= 4 is 17.3 Å². The van der Waals surface area contributed by atoms with Gasteiger partial charge in [-0.2, -0.15) is 0 Å². The summed E-state index contributed by atoms with van der Waals surface area (Å²) >= 11 is 6.25. The molecule has 1 unspecified atom stereocenters. The van der Waals surface area contributed by atoms with Crippen LogP contribution in [0.1, 0.15) is 25.3 Å². The van der Waals surface area contributed by atoms with E-state index in [1.165, 1.54) is 37.2 Å². The quantitative estimate of drug-likeness (QED) is 0.838. The summed E-state index contributed by atoms with van der Waals surface area (Å²) in [5.41, 5.74) is 3.05. The van der Waals surface area contributed by atoms with Crippen molar-refractivity contribution in [2.75, 3.05) is 24.5 Å². The van der Waals surface area contributed by atoms with Crippen molar-refractivity contribution in [3.63, 3.8) is 0 Å². The molecule has 0 aromatic heterocycles. The van der Waals surface area contributed by atoms with E-state index in [0.29, 0.717) is 11.5 Å². The smallest absolute Gasteiger partial charge is 0.0455 e. The molecular formula is C15H21ClN2. The number of nitrogens with zero attached hydrogens (tertiary/aromatic N) is 1. The first-order chi connectivity index (χ1) is 8.60. The first-order valence-electron chi connectivity index (χ1n) is 6.83. The van der Waals surface area contributed by atoms with E-state index < -0.39 is 0 Å². The molecule has 1 atom stereocenters. The number of halogens is 1. The van der Waals surface area contributed by atoms with Crippen LogP contribution >= 0.6 is 11.6 Å². The van der Waals surface area contributed by atoms with Crippen LogP contribution in [0, 0.1) is 12.3 Å². The molecule has 98 valence electrons. The number of nitrogens with one attached hydrogen (secondary N) is 1. The molecule has 1 saturated carbocycles. The highest BCUT2D eigenvalue weighted by atomic mass is 35.5. The Hall–Kier alpha value is -0.730. The van der Waals surface area contributed by atoms with E-state index in [4.69, 9.17) is 11.6 Å². The van der Waals surface area contributed by atoms with Crippen LogP contribution in [0.15, 0.2) is 18.2 Å². The molecule has 1 heterocycles. The Balaban J connectivity index is 1.91. The standard InChI is InChI=1S/C15H21ClN2/c1-11-8-18(10-15(6-7-15)9-17-11)14-5-3-4-13(16)12(14)2/h3-5,11,17H,6-10H2,1-2H3. The minimum Gasteiger partial charge on any atom is -0.369 e. The molecular weight excluding hydrogens is 244 g/mol. The summed E-state index contributed by atoms with van der Waals surface area (Å²) in [6, 6.07) is 6.79. The Morgan fingerprint density at radius 1 is 1.39 bits per heavy atom. The van der Waals surface area contributed by atoms with E-state index in [-0.39, 0.29) is 0 Å². The van der Waals surface area contributed by atoms with Crippen LogP contribution < -0.4 is 10.2 Å². The van der Waals surface area contributed by atoms with Crippen molar-refractivity contribution < 1.29 is 0 Å². The summed E-state index contributed by atoms with van der Waals surface area (Å²) in [6.45, 7) is 7.81. The molecule has 18 heavy (non-hydrogen) atoms. The lowest BCUT2D eigenvalue weighted by Gasteiger charge is -2.29. The van der Waals surface area contributed by atoms with Crippen LogP contribution in [-0.4, -0.2) is 25.7 Å². The maximum atomic E-state index is 6.25. The van der Waals surface area contributed by atoms with Gasteiger partial charge in [-0.05, 0) is 44.4 Å². The molecule has 1 N–H and O–H groups in total. The Morgan fingerprint density at radius 3 is 2.89 bits per heavy atom. The fourth-order valence-corrected chi connectivity index (χ4v) is 3.11. The lowest BCUT2D eigenvalue weighted by molar-refractivity contribution is 0.479. The Kier molecular flexibility index (Phi) is 3.03. The van der Waals surface area contributed by atoms with Crippen LogP contribution in [0.3, 0.4) is 0 Å². The monoisotopic (exact) mass is 264 g/mol. The number of hydrogen-bond donors (Lipinski definition) is 1. The second-order valence-electron chi connectivity index (χ2n) is 6.05. The highest BCUT2D eigenvalue weighted by Crippen LogP contribution is 2.47. The van der Waals surface area contributed by atoms with Gasteiger partial charge < -0.3 is 10.2 Å². The van der Waals surface area contributed by atoms with Gasteiger partial charge in [-0.15, -0.1) is 0 Å². The molecule has 3 heteroatoms. The summed E-state index contributed by atoms with van der Waals surface area (Å²) in [5.74, 6) is 0. The summed E-state index contributed by atoms with van der Waals surface area (Å²) in [7, 11) is 0. The first kappa shape index (κ1) is 12.3. The fraction of sp³-hybridized carbons (Fsp3) is 0.600. The maximum absolute atomic E-state index is 6.25. The zero-order valence-electron chi connectivity index (χ0n) is 11.2. The molecule has 3 rings (SSSR count). The third kappa shape index (κ3) is 2.24. The number of rotatable bonds is 1. The van der Waals surface area contributed by atoms with E-state index in [0.717, 1.165) is 11.6 Å². The van der Waals surface area contributed by atoms with Crippen molar-refractivity contribution in [3.8, 4) is 0 Å². The van der Waals surface area contributed by atoms with E-state index in [1.54, 1.807) is 0 Å². The minimum absolute atomic E-state index is 0.527. The summed E-state index contributed by atoms with van der Waals surface area (Å²) in [6.07, 6.45) is 2.73. The van der Waals surface area contributed by atoms with E-state index in [9.17, 15) is 0 Å². The molecule has 1 saturated heterocycles. The third-order valence-corrected chi connectivity index (χ3v) is 4.79. The van der Waals surface area contributed by atoms with Crippen molar-refractivity contribution in [3.05, 3.63) is 28.8 Å². The van der Waals surface area contributed by atoms with Gasteiger partial charge in [0.25, 0.3) is 0 Å². The van der Waals surface area contributed by atoms with E-state index in [1.807, 2.05) is 6.07 Å². The highest BCUT2D eigenvalue weighted by molar-refractivity contribution is 6.31. The minimum atomic E-state index is 0.527. The lowest BCUT2D eigenvalue weighted by Crippen LogP contribution is -2.35. The molecule has 1 spiro atoms. The predicted octanol–water partition coefficient (Wildman–Crippen LogP) is 3.23. The molecule has 2 nitrogen and oxygen atoms in total. The molecule has 0 radical (unpaired) electrons. The van der Waals surface area contributed by atoms with Crippen molar-refractivity contribution in [2.24, 2.45) is 5.41 Å². The topological polar surface area (TPSA) is 15.3 Å². The summed E-state index contributed by atoms with van der Waals surface area (Å²) in [4.78, 5) is 2.53. The van der Waals surface area contributed by atoms with Gasteiger partial charge in [0.15, 0.2) is 0 Å². The molecule has 2 aliphatic rings. The van der Waals surface area contributed by atoms with Gasteiger partial charge in [0.2, 0.25) is 0 Å². The van der Waals surface area contributed by atoms with Crippen LogP contribution in [-0.2, 0) is 0 Å². The average Bonchev–Trinajstić information content (AvgIpc) is 3.12. The first-order valence-corrected chi connectivity index (χ1v) is 7.21. The Bertz CT molecular complexity index is 454. The van der Waals surface area contributed by atoms with Crippen molar-refractivity contribution in [1.29, 1.82) is 0 Å². The second kappa shape index (κ2) is 4.43. The molecule has 1 aromatic carbocycles. The normalized spacial score (nSPS) is 26.2. The fourth-order valence-electron chi connectivity index (χ4n) is 2.95. The van der Waals surface area contributed by atoms with Crippen molar-refractivity contribution in [1.82, 2.24) is 5.32 Å². The van der Waals surface area contributed by atoms with Crippen LogP contribution in [0.5, 0.6) is 0 Å². The third-order valence-electron chi connectivity index (χ3n) is 4.38. The highest BCUT2D eigenvalue weighted by Gasteiger charge is 2.45. The molecule has 0 bridgehead atoms. The van der Waals surface area contributed by atoms with Crippen LogP contribution in [0.2, 0.25) is 5.02 Å². The average molecular weight is 265 g/mol. The molecule has 1 aliphatic carbocycles. The van der Waals surface area contributed by atoms with E-state index >= 15 is 0 Å². The number of hydrogen-bond acceptors (Lipinski definition) is 2. The molecule has 0 amide bonds. The zero-order valence-corrected chi connectivity index (χ0v) is 11.9. The Morgan fingerprint density at radius 2 is 2.17 bits per heavy atom. The van der Waals surface area contributed by atoms with Gasteiger partial charge in [-0.25, -0.2) is 0 Å². The Labute approximate surface area is 114 Å². The van der Waals surface area contributed by atoms with Crippen LogP contribution in [0.4, 0.5) is 5.69 Å². The van der Waals surface area contributed by atoms with Gasteiger partial charge in [0.05, 0.1) is 0 Å².